The summed E-state index contributed by atoms with van der Waals surface area (Å²) in [4.78, 5) is 17.3. The number of amides is 1. The Morgan fingerprint density at radius 1 is 1.47 bits per heavy atom. The molecule has 104 valence electrons. The molecule has 2 saturated heterocycles. The van der Waals surface area contributed by atoms with E-state index in [0.717, 1.165) is 38.4 Å². The van der Waals surface area contributed by atoms with E-state index in [1.807, 2.05) is 11.8 Å². The second kappa shape index (κ2) is 5.15. The third-order valence-electron chi connectivity index (χ3n) is 4.00. The molecule has 1 amide bonds. The average molecular weight is 282 g/mol. The zero-order valence-corrected chi connectivity index (χ0v) is 12.0. The molecule has 0 N–H and O–H groups in total. The summed E-state index contributed by atoms with van der Waals surface area (Å²) in [5, 5.41) is 3.91. The number of hydrogen-bond acceptors (Lipinski definition) is 6. The molecular formula is C12H18N4O2S. The van der Waals surface area contributed by atoms with E-state index in [1.54, 1.807) is 0 Å². The molecule has 0 radical (unpaired) electrons. The van der Waals surface area contributed by atoms with Gasteiger partial charge in [-0.15, -0.1) is 5.10 Å². The van der Waals surface area contributed by atoms with Crippen LogP contribution in [0.1, 0.15) is 21.8 Å². The lowest BCUT2D eigenvalue weighted by Crippen LogP contribution is -2.59. The van der Waals surface area contributed by atoms with Crippen molar-refractivity contribution in [2.45, 2.75) is 25.5 Å². The molecule has 0 spiro atoms. The summed E-state index contributed by atoms with van der Waals surface area (Å²) < 4.78 is 9.64. The van der Waals surface area contributed by atoms with Gasteiger partial charge in [0.25, 0.3) is 5.91 Å². The highest BCUT2D eigenvalue weighted by atomic mass is 32.1. The van der Waals surface area contributed by atoms with Crippen LogP contribution in [0, 0.1) is 6.92 Å². The first kappa shape index (κ1) is 13.0. The monoisotopic (exact) mass is 282 g/mol. The second-order valence-electron chi connectivity index (χ2n) is 5.18. The van der Waals surface area contributed by atoms with Crippen LogP contribution in [0.3, 0.4) is 0 Å². The number of piperidine rings is 1. The van der Waals surface area contributed by atoms with Crippen LogP contribution in [0.5, 0.6) is 0 Å². The number of carbonyl (C=O) groups excluding carboxylic acids is 1. The van der Waals surface area contributed by atoms with Gasteiger partial charge in [0.2, 0.25) is 0 Å². The molecule has 3 rings (SSSR count). The second-order valence-corrected chi connectivity index (χ2v) is 5.94. The van der Waals surface area contributed by atoms with Gasteiger partial charge in [-0.05, 0) is 31.9 Å². The van der Waals surface area contributed by atoms with Crippen molar-refractivity contribution in [1.82, 2.24) is 19.4 Å². The van der Waals surface area contributed by atoms with Crippen LogP contribution >= 0.6 is 11.5 Å². The van der Waals surface area contributed by atoms with E-state index < -0.39 is 0 Å². The molecule has 0 bridgehead atoms. The predicted octanol–water partition coefficient (Wildman–Crippen LogP) is 0.392. The Labute approximate surface area is 116 Å². The molecule has 0 aromatic carbocycles. The molecule has 0 aliphatic carbocycles. The van der Waals surface area contributed by atoms with Crippen molar-refractivity contribution in [2.24, 2.45) is 0 Å². The zero-order chi connectivity index (χ0) is 13.4. The largest absolute Gasteiger partial charge is 0.375 e. The average Bonchev–Trinajstić information content (AvgIpc) is 2.84. The molecule has 0 saturated carbocycles. The lowest BCUT2D eigenvalue weighted by molar-refractivity contribution is -0.0893. The highest BCUT2D eigenvalue weighted by Crippen LogP contribution is 2.24. The van der Waals surface area contributed by atoms with Crippen molar-refractivity contribution < 1.29 is 9.53 Å². The Morgan fingerprint density at radius 3 is 3.05 bits per heavy atom. The molecule has 19 heavy (non-hydrogen) atoms. The fourth-order valence-electron chi connectivity index (χ4n) is 2.80. The topological polar surface area (TPSA) is 58.6 Å². The van der Waals surface area contributed by atoms with Gasteiger partial charge < -0.3 is 9.64 Å². The molecule has 2 aliphatic heterocycles. The molecule has 3 heterocycles. The van der Waals surface area contributed by atoms with Crippen molar-refractivity contribution in [3.63, 3.8) is 0 Å². The quantitative estimate of drug-likeness (QED) is 0.746. The fraction of sp³-hybridized carbons (Fsp3) is 0.750. The van der Waals surface area contributed by atoms with E-state index in [4.69, 9.17) is 4.74 Å². The molecule has 2 fully saturated rings. The van der Waals surface area contributed by atoms with Crippen LogP contribution in [0.2, 0.25) is 0 Å². The van der Waals surface area contributed by atoms with Gasteiger partial charge in [0.05, 0.1) is 24.4 Å². The number of aromatic nitrogens is 2. The van der Waals surface area contributed by atoms with Crippen LogP contribution in [0.25, 0.3) is 0 Å². The lowest BCUT2D eigenvalue weighted by Gasteiger charge is -2.45. The van der Waals surface area contributed by atoms with Crippen LogP contribution < -0.4 is 0 Å². The summed E-state index contributed by atoms with van der Waals surface area (Å²) in [6, 6.07) is 0.313. The molecule has 1 aromatic heterocycles. The van der Waals surface area contributed by atoms with E-state index in [1.165, 1.54) is 11.5 Å². The number of likely N-dealkylation sites (tertiary alicyclic amines) is 1. The maximum absolute atomic E-state index is 12.5. The molecule has 2 atom stereocenters. The summed E-state index contributed by atoms with van der Waals surface area (Å²) in [6.45, 7) is 5.05. The standard InChI is InChI=1S/C12H18N4O2S/c1-8-11(19-14-13-8)12(17)16-4-3-10-9(7-16)15(2)5-6-18-10/h9-10H,3-7H2,1-2H3/t9-,10-/m0/s1. The highest BCUT2D eigenvalue weighted by molar-refractivity contribution is 7.07. The van der Waals surface area contributed by atoms with Crippen molar-refractivity contribution >= 4 is 17.4 Å². The molecule has 0 unspecified atom stereocenters. The number of rotatable bonds is 1. The van der Waals surface area contributed by atoms with Gasteiger partial charge in [0.15, 0.2) is 0 Å². The van der Waals surface area contributed by atoms with E-state index >= 15 is 0 Å². The van der Waals surface area contributed by atoms with Gasteiger partial charge in [-0.25, -0.2) is 0 Å². The molecule has 7 heteroatoms. The van der Waals surface area contributed by atoms with E-state index in [-0.39, 0.29) is 12.0 Å². The predicted molar refractivity (Wildman–Crippen MR) is 71.3 cm³/mol. The first-order valence-electron chi connectivity index (χ1n) is 6.57. The van der Waals surface area contributed by atoms with Gasteiger partial charge in [0, 0.05) is 19.6 Å². The summed E-state index contributed by atoms with van der Waals surface area (Å²) in [5.74, 6) is 0.0601. The van der Waals surface area contributed by atoms with Crippen LogP contribution in [-0.2, 0) is 4.74 Å². The molecule has 2 aliphatic rings. The fourth-order valence-corrected chi connectivity index (χ4v) is 3.42. The zero-order valence-electron chi connectivity index (χ0n) is 11.2. The Hall–Kier alpha value is -1.05. The van der Waals surface area contributed by atoms with Crippen molar-refractivity contribution in [1.29, 1.82) is 0 Å². The lowest BCUT2D eigenvalue weighted by atomic mass is 9.99. The third-order valence-corrected chi connectivity index (χ3v) is 4.81. The number of nitrogens with zero attached hydrogens (tertiary/aromatic N) is 4. The SMILES string of the molecule is Cc1nnsc1C(=O)N1CC[C@@H]2OCCN(C)[C@H]2C1. The Morgan fingerprint density at radius 2 is 2.32 bits per heavy atom. The van der Waals surface area contributed by atoms with E-state index in [0.29, 0.717) is 10.9 Å². The minimum absolute atomic E-state index is 0.0601. The smallest absolute Gasteiger partial charge is 0.267 e. The van der Waals surface area contributed by atoms with Gasteiger partial charge in [-0.3, -0.25) is 9.69 Å². The highest BCUT2D eigenvalue weighted by Gasteiger charge is 2.37. The molecule has 1 aromatic rings. The summed E-state index contributed by atoms with van der Waals surface area (Å²) in [7, 11) is 2.10. The first-order valence-corrected chi connectivity index (χ1v) is 7.34. The third kappa shape index (κ3) is 2.37. The summed E-state index contributed by atoms with van der Waals surface area (Å²) in [6.07, 6.45) is 1.18. The van der Waals surface area contributed by atoms with Crippen LogP contribution in [0.4, 0.5) is 0 Å². The Balaban J connectivity index is 1.73. The summed E-state index contributed by atoms with van der Waals surface area (Å²) >= 11 is 1.18. The number of carbonyl (C=O) groups is 1. The number of likely N-dealkylation sites (N-methyl/N-ethyl adjacent to an activating group) is 1. The minimum atomic E-state index is 0.0601. The number of aryl methyl sites for hydroxylation is 1. The number of morpholine rings is 1. The number of hydrogen-bond donors (Lipinski definition) is 0. The molecule has 6 nitrogen and oxygen atoms in total. The number of ether oxygens (including phenoxy) is 1. The maximum Gasteiger partial charge on any atom is 0.267 e. The summed E-state index contributed by atoms with van der Waals surface area (Å²) in [5.41, 5.74) is 0.727. The maximum atomic E-state index is 12.5. The van der Waals surface area contributed by atoms with E-state index in [2.05, 4.69) is 21.5 Å². The van der Waals surface area contributed by atoms with Crippen LogP contribution in [-0.4, -0.2) is 70.7 Å². The van der Waals surface area contributed by atoms with Crippen LogP contribution in [0.15, 0.2) is 0 Å². The van der Waals surface area contributed by atoms with Crippen molar-refractivity contribution in [3.8, 4) is 0 Å². The van der Waals surface area contributed by atoms with Gasteiger partial charge >= 0.3 is 0 Å². The van der Waals surface area contributed by atoms with Crippen molar-refractivity contribution in [2.75, 3.05) is 33.3 Å². The number of fused-ring (bicyclic) bond motifs is 1. The van der Waals surface area contributed by atoms with E-state index in [9.17, 15) is 4.79 Å². The van der Waals surface area contributed by atoms with Gasteiger partial charge in [0.1, 0.15) is 4.88 Å². The normalized spacial score (nSPS) is 28.2. The Kier molecular flexibility index (Phi) is 3.51. The Bertz CT molecular complexity index is 478. The van der Waals surface area contributed by atoms with Gasteiger partial charge in [-0.2, -0.15) is 0 Å². The minimum Gasteiger partial charge on any atom is -0.375 e. The van der Waals surface area contributed by atoms with Gasteiger partial charge in [-0.1, -0.05) is 4.49 Å². The first-order chi connectivity index (χ1) is 9.16. The molecular weight excluding hydrogens is 264 g/mol. The van der Waals surface area contributed by atoms with Crippen molar-refractivity contribution in [3.05, 3.63) is 10.6 Å².